The minimum absolute atomic E-state index is 0.0464. The summed E-state index contributed by atoms with van der Waals surface area (Å²) >= 11 is 0. The van der Waals surface area contributed by atoms with Crippen molar-refractivity contribution in [3.8, 4) is 11.8 Å². The van der Waals surface area contributed by atoms with Gasteiger partial charge in [0.15, 0.2) is 16.4 Å². The number of ether oxygens (including phenoxy) is 1. The van der Waals surface area contributed by atoms with Crippen LogP contribution in [0.3, 0.4) is 0 Å². The van der Waals surface area contributed by atoms with E-state index in [0.717, 1.165) is 5.41 Å². The van der Waals surface area contributed by atoms with Crippen LogP contribution >= 0.6 is 0 Å². The van der Waals surface area contributed by atoms with Gasteiger partial charge in [-0.3, -0.25) is 0 Å². The van der Waals surface area contributed by atoms with Crippen LogP contribution in [0.25, 0.3) is 6.08 Å². The van der Waals surface area contributed by atoms with Crippen molar-refractivity contribution in [2.75, 3.05) is 6.61 Å². The van der Waals surface area contributed by atoms with Gasteiger partial charge >= 0.3 is 0 Å². The van der Waals surface area contributed by atoms with Crippen molar-refractivity contribution in [2.24, 2.45) is 0 Å². The van der Waals surface area contributed by atoms with E-state index in [4.69, 9.17) is 10.00 Å². The number of nitrogens with zero attached hydrogens (tertiary/aromatic N) is 1. The maximum Gasteiger partial charge on any atom is 0.200 e. The van der Waals surface area contributed by atoms with E-state index in [9.17, 15) is 8.42 Å². The Labute approximate surface area is 87.3 Å². The fourth-order valence-corrected chi connectivity index (χ4v) is 2.54. The van der Waals surface area contributed by atoms with Gasteiger partial charge in [-0.25, -0.2) is 8.42 Å². The summed E-state index contributed by atoms with van der Waals surface area (Å²) in [5.41, 5.74) is 0.602. The Morgan fingerprint density at radius 3 is 2.93 bits per heavy atom. The number of fused-ring (bicyclic) bond motifs is 1. The smallest absolute Gasteiger partial charge is 0.200 e. The second kappa shape index (κ2) is 3.41. The second-order valence-corrected chi connectivity index (χ2v) is 4.80. The molecule has 0 radical (unpaired) electrons. The van der Waals surface area contributed by atoms with Crippen LogP contribution in [0.4, 0.5) is 0 Å². The highest BCUT2D eigenvalue weighted by Gasteiger charge is 2.20. The van der Waals surface area contributed by atoms with Gasteiger partial charge in [0.2, 0.25) is 0 Å². The highest BCUT2D eigenvalue weighted by atomic mass is 32.2. The number of hydrogen-bond acceptors (Lipinski definition) is 4. The van der Waals surface area contributed by atoms with Crippen molar-refractivity contribution in [3.05, 3.63) is 29.2 Å². The summed E-state index contributed by atoms with van der Waals surface area (Å²) in [6, 6.07) is 6.47. The van der Waals surface area contributed by atoms with E-state index < -0.39 is 9.84 Å². The minimum Gasteiger partial charge on any atom is -0.479 e. The van der Waals surface area contributed by atoms with Gasteiger partial charge in [-0.2, -0.15) is 5.26 Å². The average Bonchev–Trinajstić information content (AvgIpc) is 2.52. The summed E-state index contributed by atoms with van der Waals surface area (Å²) in [5.74, 6) is 0.497. The Hall–Kier alpha value is -1.80. The fraction of sp³-hybridized carbons (Fsp3) is 0.100. The Balaban J connectivity index is 2.39. The zero-order chi connectivity index (χ0) is 10.9. The standard InChI is InChI=1S/C10H7NO3S/c11-4-5-14-9-1-2-10-8(7-9)3-6-15(10,12)13/h1-3,6-7H,5H2. The maximum atomic E-state index is 11.4. The molecule has 1 aliphatic rings. The lowest BCUT2D eigenvalue weighted by Crippen LogP contribution is -1.96. The normalized spacial score (nSPS) is 15.7. The lowest BCUT2D eigenvalue weighted by Gasteiger charge is -2.03. The first kappa shape index (κ1) is 9.74. The van der Waals surface area contributed by atoms with Crippen LogP contribution in [0.2, 0.25) is 0 Å². The van der Waals surface area contributed by atoms with Gasteiger partial charge < -0.3 is 4.74 Å². The zero-order valence-corrected chi connectivity index (χ0v) is 8.49. The van der Waals surface area contributed by atoms with Crippen LogP contribution < -0.4 is 4.74 Å². The van der Waals surface area contributed by atoms with Crippen molar-refractivity contribution < 1.29 is 13.2 Å². The van der Waals surface area contributed by atoms with Crippen molar-refractivity contribution in [3.63, 3.8) is 0 Å². The van der Waals surface area contributed by atoms with Crippen molar-refractivity contribution in [2.45, 2.75) is 4.90 Å². The van der Waals surface area contributed by atoms with E-state index in [2.05, 4.69) is 0 Å². The summed E-state index contributed by atoms with van der Waals surface area (Å²) in [4.78, 5) is 0.284. The molecule has 1 heterocycles. The third-order valence-electron chi connectivity index (χ3n) is 2.02. The molecule has 5 heteroatoms. The van der Waals surface area contributed by atoms with E-state index in [1.807, 2.05) is 6.07 Å². The van der Waals surface area contributed by atoms with Gasteiger partial charge in [0.25, 0.3) is 0 Å². The molecule has 76 valence electrons. The molecule has 0 aliphatic carbocycles. The van der Waals surface area contributed by atoms with Crippen LogP contribution in [0.1, 0.15) is 5.56 Å². The van der Waals surface area contributed by atoms with Crippen LogP contribution in [0, 0.1) is 11.3 Å². The van der Waals surface area contributed by atoms with Crippen LogP contribution in [0.5, 0.6) is 5.75 Å². The third-order valence-corrected chi connectivity index (χ3v) is 3.50. The molecule has 0 atom stereocenters. The molecular weight excluding hydrogens is 214 g/mol. The molecule has 0 bridgehead atoms. The van der Waals surface area contributed by atoms with Crippen molar-refractivity contribution in [1.29, 1.82) is 5.26 Å². The molecule has 2 rings (SSSR count). The lowest BCUT2D eigenvalue weighted by molar-refractivity contribution is 0.368. The molecule has 0 N–H and O–H groups in total. The van der Waals surface area contributed by atoms with Crippen LogP contribution in [0.15, 0.2) is 28.5 Å². The molecule has 1 aliphatic heterocycles. The van der Waals surface area contributed by atoms with E-state index in [1.165, 1.54) is 12.1 Å². The molecule has 15 heavy (non-hydrogen) atoms. The summed E-state index contributed by atoms with van der Waals surface area (Å²) in [6.07, 6.45) is 1.52. The second-order valence-electron chi connectivity index (χ2n) is 2.99. The predicted molar refractivity (Wildman–Crippen MR) is 53.8 cm³/mol. The molecule has 0 saturated heterocycles. The van der Waals surface area contributed by atoms with Crippen LogP contribution in [-0.4, -0.2) is 15.0 Å². The topological polar surface area (TPSA) is 67.2 Å². The quantitative estimate of drug-likeness (QED) is 0.755. The number of hydrogen-bond donors (Lipinski definition) is 0. The van der Waals surface area contributed by atoms with Gasteiger partial charge in [-0.15, -0.1) is 0 Å². The molecule has 0 aromatic heterocycles. The Bertz CT molecular complexity index is 567. The van der Waals surface area contributed by atoms with E-state index in [-0.39, 0.29) is 11.5 Å². The van der Waals surface area contributed by atoms with E-state index in [1.54, 1.807) is 12.1 Å². The highest BCUT2D eigenvalue weighted by Crippen LogP contribution is 2.29. The van der Waals surface area contributed by atoms with Gasteiger partial charge in [-0.05, 0) is 29.8 Å². The van der Waals surface area contributed by atoms with Gasteiger partial charge in [0, 0.05) is 5.41 Å². The first-order valence-electron chi connectivity index (χ1n) is 4.20. The minimum atomic E-state index is -3.24. The number of nitriles is 1. The molecule has 1 aromatic carbocycles. The van der Waals surface area contributed by atoms with E-state index in [0.29, 0.717) is 11.3 Å². The number of sulfone groups is 1. The monoisotopic (exact) mass is 221 g/mol. The van der Waals surface area contributed by atoms with E-state index >= 15 is 0 Å². The van der Waals surface area contributed by atoms with Crippen molar-refractivity contribution >= 4 is 15.9 Å². The Morgan fingerprint density at radius 2 is 2.20 bits per heavy atom. The van der Waals surface area contributed by atoms with Gasteiger partial charge in [0.05, 0.1) is 4.90 Å². The first-order chi connectivity index (χ1) is 7.13. The summed E-state index contributed by atoms with van der Waals surface area (Å²) in [7, 11) is -3.24. The molecule has 1 aromatic rings. The average molecular weight is 221 g/mol. The molecule has 0 unspecified atom stereocenters. The lowest BCUT2D eigenvalue weighted by atomic mass is 10.2. The first-order valence-corrected chi connectivity index (χ1v) is 5.75. The molecule has 0 spiro atoms. The Kier molecular flexibility index (Phi) is 2.21. The zero-order valence-electron chi connectivity index (χ0n) is 7.67. The van der Waals surface area contributed by atoms with Gasteiger partial charge in [-0.1, -0.05) is 0 Å². The van der Waals surface area contributed by atoms with Crippen molar-refractivity contribution in [1.82, 2.24) is 0 Å². The van der Waals surface area contributed by atoms with Crippen LogP contribution in [-0.2, 0) is 9.84 Å². The molecule has 0 fully saturated rings. The highest BCUT2D eigenvalue weighted by molar-refractivity contribution is 7.94. The maximum absolute atomic E-state index is 11.4. The van der Waals surface area contributed by atoms with Gasteiger partial charge in [0.1, 0.15) is 11.8 Å². The Morgan fingerprint density at radius 1 is 1.40 bits per heavy atom. The summed E-state index contributed by atoms with van der Waals surface area (Å²) in [5, 5.41) is 9.48. The number of rotatable bonds is 2. The number of benzene rings is 1. The largest absolute Gasteiger partial charge is 0.479 e. The molecule has 4 nitrogen and oxygen atoms in total. The fourth-order valence-electron chi connectivity index (χ4n) is 1.36. The SMILES string of the molecule is N#CCOc1ccc2c(c1)C=CS2(=O)=O. The third kappa shape index (κ3) is 1.72. The molecular formula is C10H7NO3S. The molecule has 0 amide bonds. The summed E-state index contributed by atoms with van der Waals surface area (Å²) in [6.45, 7) is -0.0464. The summed E-state index contributed by atoms with van der Waals surface area (Å²) < 4.78 is 27.9. The molecule has 0 saturated carbocycles. The predicted octanol–water partition coefficient (Wildman–Crippen LogP) is 1.35.